The Morgan fingerprint density at radius 3 is 2.80 bits per heavy atom. The van der Waals surface area contributed by atoms with Gasteiger partial charge in [0, 0.05) is 12.5 Å². The molecule has 0 radical (unpaired) electrons. The van der Waals surface area contributed by atoms with Crippen LogP contribution in [0.4, 0.5) is 0 Å². The van der Waals surface area contributed by atoms with Gasteiger partial charge in [-0.05, 0) is 25.8 Å². The standard InChI is InChI=1S/C11H19N3O/c1-3-5-10-12-11(15-13-10)8-14(4-2)9-6-7-9/h9H,3-8H2,1-2H3. The molecular formula is C11H19N3O. The highest BCUT2D eigenvalue weighted by Crippen LogP contribution is 2.27. The molecule has 0 atom stereocenters. The molecule has 1 fully saturated rings. The first-order valence-corrected chi connectivity index (χ1v) is 5.89. The maximum absolute atomic E-state index is 5.22. The van der Waals surface area contributed by atoms with E-state index in [1.807, 2.05) is 0 Å². The van der Waals surface area contributed by atoms with Gasteiger partial charge in [-0.3, -0.25) is 4.90 Å². The second-order valence-electron chi connectivity index (χ2n) is 4.15. The van der Waals surface area contributed by atoms with Crippen LogP contribution in [0.5, 0.6) is 0 Å². The molecule has 0 aliphatic heterocycles. The van der Waals surface area contributed by atoms with Crippen molar-refractivity contribution in [1.29, 1.82) is 0 Å². The lowest BCUT2D eigenvalue weighted by Gasteiger charge is -2.16. The first-order chi connectivity index (χ1) is 7.33. The Balaban J connectivity index is 1.90. The fraction of sp³-hybridized carbons (Fsp3) is 0.818. The molecule has 0 N–H and O–H groups in total. The highest BCUT2D eigenvalue weighted by molar-refractivity contribution is 4.90. The minimum atomic E-state index is 0.761. The normalized spacial score (nSPS) is 16.2. The van der Waals surface area contributed by atoms with Crippen LogP contribution in [0, 0.1) is 0 Å². The van der Waals surface area contributed by atoms with Gasteiger partial charge in [-0.25, -0.2) is 0 Å². The van der Waals surface area contributed by atoms with Gasteiger partial charge in [0.2, 0.25) is 5.89 Å². The third-order valence-electron chi connectivity index (χ3n) is 2.79. The van der Waals surface area contributed by atoms with Gasteiger partial charge in [-0.1, -0.05) is 19.0 Å². The molecule has 4 nitrogen and oxygen atoms in total. The molecule has 15 heavy (non-hydrogen) atoms. The molecule has 1 aromatic heterocycles. The summed E-state index contributed by atoms with van der Waals surface area (Å²) in [5, 5.41) is 3.96. The number of hydrogen-bond acceptors (Lipinski definition) is 4. The van der Waals surface area contributed by atoms with Crippen LogP contribution in [0.15, 0.2) is 4.52 Å². The minimum absolute atomic E-state index is 0.761. The lowest BCUT2D eigenvalue weighted by atomic mass is 10.3. The zero-order valence-corrected chi connectivity index (χ0v) is 9.57. The van der Waals surface area contributed by atoms with Crippen LogP contribution in [-0.2, 0) is 13.0 Å². The van der Waals surface area contributed by atoms with Crippen LogP contribution in [-0.4, -0.2) is 27.6 Å². The van der Waals surface area contributed by atoms with E-state index in [1.54, 1.807) is 0 Å². The van der Waals surface area contributed by atoms with Gasteiger partial charge in [0.25, 0.3) is 0 Å². The van der Waals surface area contributed by atoms with E-state index < -0.39 is 0 Å². The molecule has 2 rings (SSSR count). The summed E-state index contributed by atoms with van der Waals surface area (Å²) < 4.78 is 5.22. The molecule has 0 saturated heterocycles. The molecule has 0 bridgehead atoms. The smallest absolute Gasteiger partial charge is 0.240 e. The van der Waals surface area contributed by atoms with Crippen LogP contribution in [0.1, 0.15) is 44.8 Å². The molecule has 0 spiro atoms. The molecule has 84 valence electrons. The van der Waals surface area contributed by atoms with Crippen molar-refractivity contribution in [2.45, 2.75) is 52.1 Å². The fourth-order valence-electron chi connectivity index (χ4n) is 1.79. The summed E-state index contributed by atoms with van der Waals surface area (Å²) >= 11 is 0. The highest BCUT2D eigenvalue weighted by atomic mass is 16.5. The maximum atomic E-state index is 5.22. The summed E-state index contributed by atoms with van der Waals surface area (Å²) in [6, 6.07) is 0.761. The quantitative estimate of drug-likeness (QED) is 0.718. The molecule has 1 aliphatic rings. The number of rotatable bonds is 6. The van der Waals surface area contributed by atoms with Gasteiger partial charge in [0.1, 0.15) is 0 Å². The van der Waals surface area contributed by atoms with Crippen LogP contribution in [0.25, 0.3) is 0 Å². The lowest BCUT2D eigenvalue weighted by molar-refractivity contribution is 0.227. The van der Waals surface area contributed by atoms with Gasteiger partial charge in [-0.2, -0.15) is 4.98 Å². The number of nitrogens with zero attached hydrogens (tertiary/aromatic N) is 3. The first-order valence-electron chi connectivity index (χ1n) is 5.89. The number of hydrogen-bond donors (Lipinski definition) is 0. The van der Waals surface area contributed by atoms with Crippen molar-refractivity contribution in [3.63, 3.8) is 0 Å². The molecule has 1 heterocycles. The lowest BCUT2D eigenvalue weighted by Crippen LogP contribution is -2.25. The summed E-state index contributed by atoms with van der Waals surface area (Å²) in [6.45, 7) is 6.19. The third-order valence-corrected chi connectivity index (χ3v) is 2.79. The summed E-state index contributed by atoms with van der Waals surface area (Å²) in [7, 11) is 0. The monoisotopic (exact) mass is 209 g/mol. The van der Waals surface area contributed by atoms with E-state index in [1.165, 1.54) is 12.8 Å². The van der Waals surface area contributed by atoms with Crippen molar-refractivity contribution in [2.75, 3.05) is 6.54 Å². The first kappa shape index (κ1) is 10.6. The van der Waals surface area contributed by atoms with E-state index in [2.05, 4.69) is 28.9 Å². The largest absolute Gasteiger partial charge is 0.338 e. The predicted molar refractivity (Wildman–Crippen MR) is 57.4 cm³/mol. The average molecular weight is 209 g/mol. The van der Waals surface area contributed by atoms with Crippen LogP contribution in [0.3, 0.4) is 0 Å². The molecular weight excluding hydrogens is 190 g/mol. The second kappa shape index (κ2) is 4.75. The van der Waals surface area contributed by atoms with Crippen molar-refractivity contribution >= 4 is 0 Å². The van der Waals surface area contributed by atoms with Gasteiger partial charge < -0.3 is 4.52 Å². The molecule has 1 aliphatic carbocycles. The number of aryl methyl sites for hydroxylation is 1. The van der Waals surface area contributed by atoms with Gasteiger partial charge in [0.05, 0.1) is 6.54 Å². The molecule has 1 aromatic rings. The molecule has 0 aromatic carbocycles. The Hall–Kier alpha value is -0.900. The van der Waals surface area contributed by atoms with Crippen molar-refractivity contribution < 1.29 is 4.52 Å². The zero-order chi connectivity index (χ0) is 10.7. The van der Waals surface area contributed by atoms with Crippen LogP contribution >= 0.6 is 0 Å². The predicted octanol–water partition coefficient (Wildman–Crippen LogP) is 2.01. The fourth-order valence-corrected chi connectivity index (χ4v) is 1.79. The van der Waals surface area contributed by atoms with Crippen molar-refractivity contribution in [3.8, 4) is 0 Å². The van der Waals surface area contributed by atoms with E-state index in [9.17, 15) is 0 Å². The zero-order valence-electron chi connectivity index (χ0n) is 9.57. The Morgan fingerprint density at radius 2 is 2.20 bits per heavy atom. The van der Waals surface area contributed by atoms with Crippen LogP contribution < -0.4 is 0 Å². The molecule has 1 saturated carbocycles. The van der Waals surface area contributed by atoms with E-state index in [4.69, 9.17) is 4.52 Å². The van der Waals surface area contributed by atoms with E-state index in [0.717, 1.165) is 43.7 Å². The molecule has 0 amide bonds. The Morgan fingerprint density at radius 1 is 1.40 bits per heavy atom. The Kier molecular flexibility index (Phi) is 3.36. The summed E-state index contributed by atoms with van der Waals surface area (Å²) in [5.74, 6) is 1.62. The molecule has 4 heteroatoms. The van der Waals surface area contributed by atoms with E-state index in [0.29, 0.717) is 0 Å². The van der Waals surface area contributed by atoms with Crippen molar-refractivity contribution in [1.82, 2.24) is 15.0 Å². The summed E-state index contributed by atoms with van der Waals surface area (Å²) in [5.41, 5.74) is 0. The van der Waals surface area contributed by atoms with Gasteiger partial charge in [0.15, 0.2) is 5.82 Å². The Bertz CT molecular complexity index is 307. The van der Waals surface area contributed by atoms with E-state index >= 15 is 0 Å². The van der Waals surface area contributed by atoms with Crippen molar-refractivity contribution in [3.05, 3.63) is 11.7 Å². The van der Waals surface area contributed by atoms with Crippen LogP contribution in [0.2, 0.25) is 0 Å². The second-order valence-corrected chi connectivity index (χ2v) is 4.15. The molecule has 0 unspecified atom stereocenters. The highest BCUT2D eigenvalue weighted by Gasteiger charge is 2.28. The SMILES string of the molecule is CCCc1noc(CN(CC)C2CC2)n1. The minimum Gasteiger partial charge on any atom is -0.338 e. The maximum Gasteiger partial charge on any atom is 0.240 e. The van der Waals surface area contributed by atoms with E-state index in [-0.39, 0.29) is 0 Å². The van der Waals surface area contributed by atoms with Gasteiger partial charge in [-0.15, -0.1) is 0 Å². The summed E-state index contributed by atoms with van der Waals surface area (Å²) in [6.07, 6.45) is 4.63. The number of aromatic nitrogens is 2. The topological polar surface area (TPSA) is 42.2 Å². The average Bonchev–Trinajstić information content (AvgIpc) is 2.98. The van der Waals surface area contributed by atoms with Gasteiger partial charge >= 0.3 is 0 Å². The third kappa shape index (κ3) is 2.78. The van der Waals surface area contributed by atoms with Crippen molar-refractivity contribution in [2.24, 2.45) is 0 Å². The summed E-state index contributed by atoms with van der Waals surface area (Å²) in [4.78, 5) is 6.78. The Labute approximate surface area is 90.7 Å².